The van der Waals surface area contributed by atoms with E-state index in [-0.39, 0.29) is 12.1 Å². The number of thiophene rings is 1. The number of hydrogen-bond acceptors (Lipinski definition) is 5. The van der Waals surface area contributed by atoms with Gasteiger partial charge in [-0.1, -0.05) is 0 Å². The molecule has 0 saturated carbocycles. The average Bonchev–Trinajstić information content (AvgIpc) is 3.15. The summed E-state index contributed by atoms with van der Waals surface area (Å²) in [5.74, 6) is 1.01. The van der Waals surface area contributed by atoms with Crippen molar-refractivity contribution in [3.05, 3.63) is 17.8 Å². The number of rotatable bonds is 2. The Kier molecular flexibility index (Phi) is 3.14. The van der Waals surface area contributed by atoms with Crippen molar-refractivity contribution in [3.8, 4) is 0 Å². The van der Waals surface area contributed by atoms with Crippen LogP contribution in [-0.4, -0.2) is 53.1 Å². The third-order valence-electron chi connectivity index (χ3n) is 4.25. The van der Waals surface area contributed by atoms with Crippen molar-refractivity contribution in [2.75, 3.05) is 31.1 Å². The molecule has 110 valence electrons. The van der Waals surface area contributed by atoms with Crippen LogP contribution in [0, 0.1) is 0 Å². The first-order valence-corrected chi connectivity index (χ1v) is 8.18. The number of nitrogens with one attached hydrogen (secondary N) is 1. The van der Waals surface area contributed by atoms with Crippen LogP contribution >= 0.6 is 11.3 Å². The molecule has 4 rings (SSSR count). The van der Waals surface area contributed by atoms with Crippen molar-refractivity contribution < 1.29 is 4.79 Å². The first-order chi connectivity index (χ1) is 10.3. The predicted octanol–water partition coefficient (Wildman–Crippen LogP) is 1.69. The van der Waals surface area contributed by atoms with Gasteiger partial charge in [0.2, 0.25) is 0 Å². The van der Waals surface area contributed by atoms with Gasteiger partial charge in [0, 0.05) is 26.2 Å². The molecular weight excluding hydrogens is 286 g/mol. The number of piperidine rings is 1. The predicted molar refractivity (Wildman–Crippen MR) is 82.8 cm³/mol. The van der Waals surface area contributed by atoms with E-state index in [4.69, 9.17) is 0 Å². The van der Waals surface area contributed by atoms with E-state index in [1.165, 1.54) is 0 Å². The Morgan fingerprint density at radius 3 is 3.14 bits per heavy atom. The zero-order valence-corrected chi connectivity index (χ0v) is 12.5. The Morgan fingerprint density at radius 2 is 2.29 bits per heavy atom. The Balaban J connectivity index is 1.60. The van der Waals surface area contributed by atoms with Crippen molar-refractivity contribution in [3.63, 3.8) is 0 Å². The number of carbonyl (C=O) groups is 1. The molecule has 2 fully saturated rings. The molecule has 4 heterocycles. The van der Waals surface area contributed by atoms with E-state index in [1.54, 1.807) is 17.7 Å². The molecule has 1 unspecified atom stereocenters. The van der Waals surface area contributed by atoms with Gasteiger partial charge in [0.25, 0.3) is 0 Å². The summed E-state index contributed by atoms with van der Waals surface area (Å²) in [4.78, 5) is 24.9. The zero-order chi connectivity index (χ0) is 14.2. The monoisotopic (exact) mass is 303 g/mol. The topological polar surface area (TPSA) is 61.4 Å². The summed E-state index contributed by atoms with van der Waals surface area (Å²) in [7, 11) is 0. The van der Waals surface area contributed by atoms with Gasteiger partial charge in [-0.15, -0.1) is 11.3 Å². The summed E-state index contributed by atoms with van der Waals surface area (Å²) in [5.41, 5.74) is 1.01. The number of hydrogen-bond donors (Lipinski definition) is 1. The maximum absolute atomic E-state index is 11.9. The summed E-state index contributed by atoms with van der Waals surface area (Å²) in [6.45, 7) is 3.43. The van der Waals surface area contributed by atoms with Crippen LogP contribution in [0.3, 0.4) is 0 Å². The molecule has 0 spiro atoms. The number of anilines is 1. The Hall–Kier alpha value is -1.89. The fourth-order valence-corrected chi connectivity index (χ4v) is 4.10. The largest absolute Gasteiger partial charge is 0.353 e. The molecule has 2 aromatic rings. The number of urea groups is 1. The van der Waals surface area contributed by atoms with Crippen LogP contribution in [-0.2, 0) is 0 Å². The lowest BCUT2D eigenvalue weighted by Crippen LogP contribution is -2.49. The molecule has 2 aliphatic heterocycles. The first kappa shape index (κ1) is 12.8. The first-order valence-electron chi connectivity index (χ1n) is 7.30. The van der Waals surface area contributed by atoms with Gasteiger partial charge in [0.1, 0.15) is 12.1 Å². The molecule has 21 heavy (non-hydrogen) atoms. The summed E-state index contributed by atoms with van der Waals surface area (Å²) in [6.07, 6.45) is 3.80. The molecule has 2 saturated heterocycles. The molecule has 6 nitrogen and oxygen atoms in total. The summed E-state index contributed by atoms with van der Waals surface area (Å²) in [6, 6.07) is 2.39. The van der Waals surface area contributed by atoms with E-state index in [9.17, 15) is 4.79 Å². The molecule has 2 aliphatic rings. The molecule has 2 amide bonds. The maximum atomic E-state index is 11.9. The second kappa shape index (κ2) is 5.14. The second-order valence-corrected chi connectivity index (χ2v) is 6.42. The molecule has 1 N–H and O–H groups in total. The van der Waals surface area contributed by atoms with E-state index in [2.05, 4.69) is 25.6 Å². The second-order valence-electron chi connectivity index (χ2n) is 5.50. The number of aromatic nitrogens is 2. The van der Waals surface area contributed by atoms with Crippen molar-refractivity contribution >= 4 is 33.4 Å². The third-order valence-corrected chi connectivity index (χ3v) is 5.15. The van der Waals surface area contributed by atoms with Crippen molar-refractivity contribution in [1.82, 2.24) is 20.2 Å². The van der Waals surface area contributed by atoms with Crippen LogP contribution in [0.2, 0.25) is 0 Å². The maximum Gasteiger partial charge on any atom is 0.317 e. The minimum absolute atomic E-state index is 0.0748. The molecule has 0 radical (unpaired) electrons. The lowest BCUT2D eigenvalue weighted by molar-refractivity contribution is 0.189. The fraction of sp³-hybridized carbons (Fsp3) is 0.500. The van der Waals surface area contributed by atoms with Crippen LogP contribution in [0.4, 0.5) is 10.6 Å². The standard InChI is InChI=1S/C14H17N5OS/c20-14-15-4-6-19(14)10-2-1-5-18(8-10)13-12-11(3-7-21-12)16-9-17-13/h3,7,9-10H,1-2,4-6,8H2,(H,15,20). The minimum atomic E-state index is 0.0748. The van der Waals surface area contributed by atoms with Crippen molar-refractivity contribution in [2.45, 2.75) is 18.9 Å². The van der Waals surface area contributed by atoms with Crippen LogP contribution in [0.15, 0.2) is 17.8 Å². The van der Waals surface area contributed by atoms with Gasteiger partial charge < -0.3 is 15.1 Å². The molecule has 0 aromatic carbocycles. The van der Waals surface area contributed by atoms with Crippen LogP contribution in [0.25, 0.3) is 10.2 Å². The van der Waals surface area contributed by atoms with Crippen LogP contribution in [0.1, 0.15) is 12.8 Å². The molecule has 7 heteroatoms. The number of fused-ring (bicyclic) bond motifs is 1. The molecular formula is C14H17N5OS. The normalized spacial score (nSPS) is 22.9. The van der Waals surface area contributed by atoms with Crippen LogP contribution in [0.5, 0.6) is 0 Å². The van der Waals surface area contributed by atoms with Gasteiger partial charge in [0.05, 0.1) is 16.3 Å². The Morgan fingerprint density at radius 1 is 1.33 bits per heavy atom. The Bertz CT molecular complexity index is 672. The van der Waals surface area contributed by atoms with Gasteiger partial charge in [-0.25, -0.2) is 14.8 Å². The SMILES string of the molecule is O=C1NCCN1C1CCCN(c2ncnc3ccsc23)C1. The number of nitrogens with zero attached hydrogens (tertiary/aromatic N) is 4. The summed E-state index contributed by atoms with van der Waals surface area (Å²) < 4.78 is 1.14. The average molecular weight is 303 g/mol. The summed E-state index contributed by atoms with van der Waals surface area (Å²) >= 11 is 1.68. The third kappa shape index (κ3) is 2.21. The highest BCUT2D eigenvalue weighted by Crippen LogP contribution is 2.30. The van der Waals surface area contributed by atoms with E-state index in [0.717, 1.165) is 55.1 Å². The summed E-state index contributed by atoms with van der Waals surface area (Å²) in [5, 5.41) is 4.95. The number of amides is 2. The Labute approximate surface area is 126 Å². The number of carbonyl (C=O) groups excluding carboxylic acids is 1. The van der Waals surface area contributed by atoms with Crippen molar-refractivity contribution in [1.29, 1.82) is 0 Å². The highest BCUT2D eigenvalue weighted by atomic mass is 32.1. The van der Waals surface area contributed by atoms with Gasteiger partial charge >= 0.3 is 6.03 Å². The van der Waals surface area contributed by atoms with Gasteiger partial charge in [0.15, 0.2) is 0 Å². The highest BCUT2D eigenvalue weighted by molar-refractivity contribution is 7.17. The molecule has 0 bridgehead atoms. The van der Waals surface area contributed by atoms with Gasteiger partial charge in [-0.05, 0) is 24.3 Å². The molecule has 1 atom stereocenters. The molecule has 0 aliphatic carbocycles. The quantitative estimate of drug-likeness (QED) is 0.917. The van der Waals surface area contributed by atoms with E-state index >= 15 is 0 Å². The fourth-order valence-electron chi connectivity index (χ4n) is 3.24. The van der Waals surface area contributed by atoms with E-state index in [0.29, 0.717) is 0 Å². The van der Waals surface area contributed by atoms with Gasteiger partial charge in [-0.3, -0.25) is 0 Å². The van der Waals surface area contributed by atoms with E-state index < -0.39 is 0 Å². The highest BCUT2D eigenvalue weighted by Gasteiger charge is 2.32. The zero-order valence-electron chi connectivity index (χ0n) is 11.7. The smallest absolute Gasteiger partial charge is 0.317 e. The molecule has 2 aromatic heterocycles. The van der Waals surface area contributed by atoms with Gasteiger partial charge in [-0.2, -0.15) is 0 Å². The van der Waals surface area contributed by atoms with Crippen molar-refractivity contribution in [2.24, 2.45) is 0 Å². The minimum Gasteiger partial charge on any atom is -0.353 e. The van der Waals surface area contributed by atoms with Crippen LogP contribution < -0.4 is 10.2 Å². The lowest BCUT2D eigenvalue weighted by Gasteiger charge is -2.37. The lowest BCUT2D eigenvalue weighted by atomic mass is 10.0. The van der Waals surface area contributed by atoms with E-state index in [1.807, 2.05) is 11.0 Å².